The Morgan fingerprint density at radius 2 is 1.88 bits per heavy atom. The fraction of sp³-hybridized carbons (Fsp3) is 0.545. The molecule has 0 unspecified atom stereocenters. The van der Waals surface area contributed by atoms with Gasteiger partial charge in [0, 0.05) is 31.3 Å². The van der Waals surface area contributed by atoms with Crippen LogP contribution in [-0.4, -0.2) is 27.6 Å². The molecule has 1 aromatic carbocycles. The van der Waals surface area contributed by atoms with E-state index >= 15 is 0 Å². The zero-order valence-corrected chi connectivity index (χ0v) is 16.6. The number of rotatable bonds is 6. The zero-order valence-electron chi connectivity index (χ0n) is 16.6. The predicted octanol–water partition coefficient (Wildman–Crippen LogP) is 4.73. The van der Waals surface area contributed by atoms with E-state index in [0.717, 1.165) is 35.0 Å². The number of para-hydroxylation sites is 1. The number of aromatic nitrogens is 2. The van der Waals surface area contributed by atoms with Crippen molar-refractivity contribution in [1.82, 2.24) is 14.7 Å². The molecule has 0 bridgehead atoms. The lowest BCUT2D eigenvalue weighted by Crippen LogP contribution is -2.26. The van der Waals surface area contributed by atoms with Gasteiger partial charge in [-0.15, -0.1) is 0 Å². The molecule has 1 aliphatic rings. The third-order valence-electron chi connectivity index (χ3n) is 5.85. The van der Waals surface area contributed by atoms with Crippen molar-refractivity contribution >= 4 is 5.91 Å². The highest BCUT2D eigenvalue weighted by Gasteiger charge is 2.20. The molecule has 3 rings (SSSR count). The zero-order chi connectivity index (χ0) is 18.7. The summed E-state index contributed by atoms with van der Waals surface area (Å²) >= 11 is 0. The second-order valence-electron chi connectivity index (χ2n) is 7.79. The van der Waals surface area contributed by atoms with Crippen LogP contribution in [0.1, 0.15) is 61.0 Å². The number of carbonyl (C=O) groups excluding carboxylic acids is 1. The minimum Gasteiger partial charge on any atom is -0.341 e. The van der Waals surface area contributed by atoms with Crippen molar-refractivity contribution in [2.45, 2.75) is 65.8 Å². The van der Waals surface area contributed by atoms with Crippen LogP contribution in [0.5, 0.6) is 0 Å². The van der Waals surface area contributed by atoms with Crippen molar-refractivity contribution in [3.8, 4) is 5.69 Å². The van der Waals surface area contributed by atoms with E-state index in [1.54, 1.807) is 0 Å². The molecular weight excluding hydrogens is 322 g/mol. The summed E-state index contributed by atoms with van der Waals surface area (Å²) in [5, 5.41) is 4.74. The van der Waals surface area contributed by atoms with Crippen LogP contribution in [0.4, 0.5) is 0 Å². The first-order chi connectivity index (χ1) is 12.5. The number of benzene rings is 1. The van der Waals surface area contributed by atoms with Gasteiger partial charge in [-0.2, -0.15) is 5.10 Å². The van der Waals surface area contributed by atoms with E-state index in [4.69, 9.17) is 5.10 Å². The van der Waals surface area contributed by atoms with E-state index < -0.39 is 0 Å². The van der Waals surface area contributed by atoms with Gasteiger partial charge in [-0.25, -0.2) is 4.68 Å². The number of hydrogen-bond acceptors (Lipinski definition) is 2. The molecule has 0 radical (unpaired) electrons. The Balaban J connectivity index is 1.69. The van der Waals surface area contributed by atoms with Crippen LogP contribution < -0.4 is 0 Å². The molecule has 0 N–H and O–H groups in total. The van der Waals surface area contributed by atoms with E-state index in [1.165, 1.54) is 31.2 Å². The summed E-state index contributed by atoms with van der Waals surface area (Å²) in [6.07, 6.45) is 7.00. The van der Waals surface area contributed by atoms with Crippen molar-refractivity contribution < 1.29 is 4.79 Å². The standard InChI is InChI=1S/C22H31N3O/c1-16-9-5-8-12-21(16)25-18(3)20(17(2)23-25)15-24(4)22(26)14-13-19-10-6-7-11-19/h5,8-9,12,19H,6-7,10-11,13-15H2,1-4H3. The molecule has 1 heterocycles. The maximum absolute atomic E-state index is 12.6. The molecule has 140 valence electrons. The van der Waals surface area contributed by atoms with E-state index in [-0.39, 0.29) is 5.91 Å². The van der Waals surface area contributed by atoms with E-state index in [0.29, 0.717) is 13.0 Å². The van der Waals surface area contributed by atoms with Gasteiger partial charge in [0.2, 0.25) is 5.91 Å². The van der Waals surface area contributed by atoms with Gasteiger partial charge in [0.05, 0.1) is 11.4 Å². The quantitative estimate of drug-likeness (QED) is 0.753. The van der Waals surface area contributed by atoms with Gasteiger partial charge in [0.15, 0.2) is 0 Å². The number of amides is 1. The van der Waals surface area contributed by atoms with Crippen LogP contribution in [0, 0.1) is 26.7 Å². The molecule has 4 heteroatoms. The smallest absolute Gasteiger partial charge is 0.222 e. The van der Waals surface area contributed by atoms with Crippen LogP contribution in [-0.2, 0) is 11.3 Å². The second-order valence-corrected chi connectivity index (χ2v) is 7.79. The maximum atomic E-state index is 12.6. The molecule has 1 amide bonds. The third kappa shape index (κ3) is 4.00. The van der Waals surface area contributed by atoms with E-state index in [1.807, 2.05) is 35.7 Å². The first kappa shape index (κ1) is 18.7. The molecule has 1 fully saturated rings. The van der Waals surface area contributed by atoms with Crippen molar-refractivity contribution in [2.75, 3.05) is 7.05 Å². The van der Waals surface area contributed by atoms with Crippen LogP contribution in [0.3, 0.4) is 0 Å². The Hall–Kier alpha value is -2.10. The maximum Gasteiger partial charge on any atom is 0.222 e. The Morgan fingerprint density at radius 1 is 1.19 bits per heavy atom. The molecule has 0 atom stereocenters. The summed E-state index contributed by atoms with van der Waals surface area (Å²) in [6, 6.07) is 8.28. The summed E-state index contributed by atoms with van der Waals surface area (Å²) in [6.45, 7) is 6.86. The Kier molecular flexibility index (Phi) is 5.80. The molecule has 1 aliphatic carbocycles. The van der Waals surface area contributed by atoms with Crippen molar-refractivity contribution in [2.24, 2.45) is 5.92 Å². The van der Waals surface area contributed by atoms with Crippen molar-refractivity contribution in [1.29, 1.82) is 0 Å². The summed E-state index contributed by atoms with van der Waals surface area (Å²) in [7, 11) is 1.92. The highest BCUT2D eigenvalue weighted by molar-refractivity contribution is 5.75. The SMILES string of the molecule is Cc1ccccc1-n1nc(C)c(CN(C)C(=O)CCC2CCCC2)c1C. The third-order valence-corrected chi connectivity index (χ3v) is 5.85. The predicted molar refractivity (Wildman–Crippen MR) is 105 cm³/mol. The van der Waals surface area contributed by atoms with Gasteiger partial charge in [-0.1, -0.05) is 43.9 Å². The van der Waals surface area contributed by atoms with Gasteiger partial charge >= 0.3 is 0 Å². The van der Waals surface area contributed by atoms with Crippen LogP contribution in [0.15, 0.2) is 24.3 Å². The van der Waals surface area contributed by atoms with Gasteiger partial charge in [-0.3, -0.25) is 4.79 Å². The van der Waals surface area contributed by atoms with Crippen LogP contribution in [0.25, 0.3) is 5.69 Å². The lowest BCUT2D eigenvalue weighted by atomic mass is 10.0. The first-order valence-electron chi connectivity index (χ1n) is 9.82. The number of aryl methyl sites for hydroxylation is 2. The molecular formula is C22H31N3O. The fourth-order valence-electron chi connectivity index (χ4n) is 4.08. The average Bonchev–Trinajstić information content (AvgIpc) is 3.23. The van der Waals surface area contributed by atoms with Gasteiger partial charge in [-0.05, 0) is 44.7 Å². The molecule has 0 aliphatic heterocycles. The summed E-state index contributed by atoms with van der Waals surface area (Å²) in [5.41, 5.74) is 5.58. The van der Waals surface area contributed by atoms with Crippen LogP contribution >= 0.6 is 0 Å². The largest absolute Gasteiger partial charge is 0.341 e. The lowest BCUT2D eigenvalue weighted by molar-refractivity contribution is -0.130. The van der Waals surface area contributed by atoms with E-state index in [9.17, 15) is 4.79 Å². The monoisotopic (exact) mass is 353 g/mol. The minimum absolute atomic E-state index is 0.249. The van der Waals surface area contributed by atoms with Crippen molar-refractivity contribution in [3.05, 3.63) is 46.8 Å². The molecule has 0 saturated heterocycles. The van der Waals surface area contributed by atoms with Gasteiger partial charge < -0.3 is 4.90 Å². The molecule has 4 nitrogen and oxygen atoms in total. The Morgan fingerprint density at radius 3 is 2.58 bits per heavy atom. The normalized spacial score (nSPS) is 14.8. The summed E-state index contributed by atoms with van der Waals surface area (Å²) < 4.78 is 2.01. The van der Waals surface area contributed by atoms with E-state index in [2.05, 4.69) is 26.0 Å². The Bertz CT molecular complexity index is 772. The van der Waals surface area contributed by atoms with Crippen LogP contribution in [0.2, 0.25) is 0 Å². The Labute approximate surface area is 157 Å². The highest BCUT2D eigenvalue weighted by atomic mass is 16.2. The van der Waals surface area contributed by atoms with Crippen molar-refractivity contribution in [3.63, 3.8) is 0 Å². The first-order valence-corrected chi connectivity index (χ1v) is 9.82. The minimum atomic E-state index is 0.249. The fourth-order valence-corrected chi connectivity index (χ4v) is 4.08. The number of nitrogens with zero attached hydrogens (tertiary/aromatic N) is 3. The molecule has 26 heavy (non-hydrogen) atoms. The van der Waals surface area contributed by atoms with Gasteiger partial charge in [0.25, 0.3) is 0 Å². The lowest BCUT2D eigenvalue weighted by Gasteiger charge is -2.19. The van der Waals surface area contributed by atoms with Gasteiger partial charge in [0.1, 0.15) is 0 Å². The number of carbonyl (C=O) groups is 1. The highest BCUT2D eigenvalue weighted by Crippen LogP contribution is 2.29. The summed E-state index contributed by atoms with van der Waals surface area (Å²) in [4.78, 5) is 14.4. The second kappa shape index (κ2) is 8.07. The summed E-state index contributed by atoms with van der Waals surface area (Å²) in [5.74, 6) is 1.01. The molecule has 0 spiro atoms. The number of hydrogen-bond donors (Lipinski definition) is 0. The molecule has 2 aromatic rings. The average molecular weight is 354 g/mol. The topological polar surface area (TPSA) is 38.1 Å². The molecule has 1 saturated carbocycles. The molecule has 1 aromatic heterocycles.